The van der Waals surface area contributed by atoms with E-state index >= 15 is 0 Å². The standard InChI is InChI=1S/C17H19NO3/c1-9-4-3-5-10(2)15(9)18-16(19)13-11-6-7-12(8-11)14(13)17(20)21/h3-7,11-14H,8H2,1-2H3,(H,18,19)(H,20,21)/t11-,12-,13-,14+/m0/s1. The Bertz CT molecular complexity index is 615. The van der Waals surface area contributed by atoms with E-state index < -0.39 is 17.8 Å². The number of anilines is 1. The van der Waals surface area contributed by atoms with Crippen LogP contribution < -0.4 is 5.32 Å². The molecule has 0 radical (unpaired) electrons. The number of rotatable bonds is 3. The number of hydrogen-bond acceptors (Lipinski definition) is 2. The summed E-state index contributed by atoms with van der Waals surface area (Å²) in [5, 5.41) is 12.4. The van der Waals surface area contributed by atoms with Crippen LogP contribution in [0.25, 0.3) is 0 Å². The quantitative estimate of drug-likeness (QED) is 0.839. The van der Waals surface area contributed by atoms with E-state index in [1.54, 1.807) is 0 Å². The van der Waals surface area contributed by atoms with Crippen LogP contribution in [0.1, 0.15) is 17.5 Å². The van der Waals surface area contributed by atoms with Crippen LogP contribution in [-0.2, 0) is 9.59 Å². The third-order valence-electron chi connectivity index (χ3n) is 4.78. The Balaban J connectivity index is 1.85. The van der Waals surface area contributed by atoms with Gasteiger partial charge in [-0.15, -0.1) is 0 Å². The molecule has 0 aliphatic heterocycles. The van der Waals surface area contributed by atoms with Crippen LogP contribution >= 0.6 is 0 Å². The van der Waals surface area contributed by atoms with Gasteiger partial charge in [0.1, 0.15) is 0 Å². The molecule has 2 aliphatic carbocycles. The average Bonchev–Trinajstić information content (AvgIpc) is 3.03. The van der Waals surface area contributed by atoms with Crippen LogP contribution in [-0.4, -0.2) is 17.0 Å². The zero-order chi connectivity index (χ0) is 15.1. The van der Waals surface area contributed by atoms with Crippen molar-refractivity contribution in [3.63, 3.8) is 0 Å². The number of para-hydroxylation sites is 1. The molecule has 4 atom stereocenters. The van der Waals surface area contributed by atoms with Gasteiger partial charge in [-0.3, -0.25) is 9.59 Å². The van der Waals surface area contributed by atoms with Crippen molar-refractivity contribution in [3.8, 4) is 0 Å². The maximum atomic E-state index is 12.6. The molecule has 0 unspecified atom stereocenters. The van der Waals surface area contributed by atoms with Gasteiger partial charge in [-0.2, -0.15) is 0 Å². The number of carboxylic acids is 1. The van der Waals surface area contributed by atoms with Crippen molar-refractivity contribution in [2.45, 2.75) is 20.3 Å². The Morgan fingerprint density at radius 1 is 1.10 bits per heavy atom. The summed E-state index contributed by atoms with van der Waals surface area (Å²) in [4.78, 5) is 24.1. The molecule has 2 bridgehead atoms. The fourth-order valence-corrected chi connectivity index (χ4v) is 3.73. The number of fused-ring (bicyclic) bond motifs is 2. The minimum absolute atomic E-state index is 0.00113. The van der Waals surface area contributed by atoms with Crippen molar-refractivity contribution in [2.24, 2.45) is 23.7 Å². The third kappa shape index (κ3) is 2.24. The van der Waals surface area contributed by atoms with Gasteiger partial charge in [0.05, 0.1) is 11.8 Å². The molecular weight excluding hydrogens is 266 g/mol. The van der Waals surface area contributed by atoms with Crippen molar-refractivity contribution in [1.29, 1.82) is 0 Å². The molecule has 4 nitrogen and oxygen atoms in total. The highest BCUT2D eigenvalue weighted by atomic mass is 16.4. The summed E-state index contributed by atoms with van der Waals surface area (Å²) in [5.74, 6) is -2.03. The van der Waals surface area contributed by atoms with Gasteiger partial charge in [0.25, 0.3) is 0 Å². The Morgan fingerprint density at radius 2 is 1.67 bits per heavy atom. The predicted octanol–water partition coefficient (Wildman–Crippen LogP) is 2.76. The number of benzene rings is 1. The number of carboxylic acid groups (broad SMARTS) is 1. The predicted molar refractivity (Wildman–Crippen MR) is 79.9 cm³/mol. The van der Waals surface area contributed by atoms with Gasteiger partial charge < -0.3 is 10.4 Å². The maximum Gasteiger partial charge on any atom is 0.307 e. The fourth-order valence-electron chi connectivity index (χ4n) is 3.73. The number of allylic oxidation sites excluding steroid dienone is 2. The van der Waals surface area contributed by atoms with E-state index in [0.717, 1.165) is 23.2 Å². The molecule has 110 valence electrons. The summed E-state index contributed by atoms with van der Waals surface area (Å²) in [7, 11) is 0. The molecule has 1 fully saturated rings. The molecule has 0 spiro atoms. The first kappa shape index (κ1) is 13.9. The van der Waals surface area contributed by atoms with Gasteiger partial charge in [0, 0.05) is 5.69 Å². The summed E-state index contributed by atoms with van der Waals surface area (Å²) >= 11 is 0. The molecule has 0 heterocycles. The molecule has 2 aliphatic rings. The molecule has 1 amide bonds. The number of carbonyl (C=O) groups excluding carboxylic acids is 1. The van der Waals surface area contributed by atoms with E-state index in [1.807, 2.05) is 44.2 Å². The molecule has 0 aromatic heterocycles. The first-order chi connectivity index (χ1) is 9.99. The van der Waals surface area contributed by atoms with Gasteiger partial charge >= 0.3 is 5.97 Å². The molecule has 1 saturated carbocycles. The summed E-state index contributed by atoms with van der Waals surface area (Å²) in [6.07, 6.45) is 4.73. The van der Waals surface area contributed by atoms with Crippen LogP contribution in [0.15, 0.2) is 30.4 Å². The van der Waals surface area contributed by atoms with Crippen LogP contribution in [0.4, 0.5) is 5.69 Å². The maximum absolute atomic E-state index is 12.6. The minimum atomic E-state index is -0.867. The number of aryl methyl sites for hydroxylation is 2. The van der Waals surface area contributed by atoms with E-state index in [1.165, 1.54) is 0 Å². The van der Waals surface area contributed by atoms with Gasteiger partial charge in [-0.25, -0.2) is 0 Å². The molecule has 4 heteroatoms. The lowest BCUT2D eigenvalue weighted by Gasteiger charge is -2.24. The summed E-state index contributed by atoms with van der Waals surface area (Å²) in [5.41, 5.74) is 2.79. The van der Waals surface area contributed by atoms with Crippen molar-refractivity contribution in [2.75, 3.05) is 5.32 Å². The van der Waals surface area contributed by atoms with Crippen molar-refractivity contribution in [3.05, 3.63) is 41.5 Å². The molecule has 21 heavy (non-hydrogen) atoms. The molecule has 2 N–H and O–H groups in total. The van der Waals surface area contributed by atoms with Gasteiger partial charge in [-0.05, 0) is 43.2 Å². The lowest BCUT2D eigenvalue weighted by atomic mass is 9.82. The lowest BCUT2D eigenvalue weighted by Crippen LogP contribution is -2.36. The first-order valence-corrected chi connectivity index (χ1v) is 7.27. The summed E-state index contributed by atoms with van der Waals surface area (Å²) in [6, 6.07) is 5.83. The third-order valence-corrected chi connectivity index (χ3v) is 4.78. The van der Waals surface area contributed by atoms with Crippen LogP contribution in [0.5, 0.6) is 0 Å². The van der Waals surface area contributed by atoms with Gasteiger partial charge in [0.15, 0.2) is 0 Å². The molecule has 1 aromatic rings. The first-order valence-electron chi connectivity index (χ1n) is 7.27. The molecule has 1 aromatic carbocycles. The molecule has 3 rings (SSSR count). The highest BCUT2D eigenvalue weighted by Crippen LogP contribution is 2.48. The van der Waals surface area contributed by atoms with Crippen molar-refractivity contribution in [1.82, 2.24) is 0 Å². The van der Waals surface area contributed by atoms with Crippen molar-refractivity contribution < 1.29 is 14.7 Å². The molecular formula is C17H19NO3. The van der Waals surface area contributed by atoms with Crippen LogP contribution in [0, 0.1) is 37.5 Å². The highest BCUT2D eigenvalue weighted by molar-refractivity contribution is 5.97. The number of carbonyl (C=O) groups is 2. The van der Waals surface area contributed by atoms with Crippen LogP contribution in [0.3, 0.4) is 0 Å². The second kappa shape index (κ2) is 5.02. The largest absolute Gasteiger partial charge is 0.481 e. The Morgan fingerprint density at radius 3 is 2.24 bits per heavy atom. The van der Waals surface area contributed by atoms with E-state index in [4.69, 9.17) is 0 Å². The van der Waals surface area contributed by atoms with Gasteiger partial charge in [-0.1, -0.05) is 30.4 Å². The Kier molecular flexibility index (Phi) is 3.32. The zero-order valence-electron chi connectivity index (χ0n) is 12.2. The lowest BCUT2D eigenvalue weighted by molar-refractivity contribution is -0.146. The van der Waals surface area contributed by atoms with Gasteiger partial charge in [0.2, 0.25) is 5.91 Å². The normalized spacial score (nSPS) is 29.6. The Hall–Kier alpha value is -2.10. The Labute approximate surface area is 123 Å². The van der Waals surface area contributed by atoms with E-state index in [0.29, 0.717) is 0 Å². The smallest absolute Gasteiger partial charge is 0.307 e. The summed E-state index contributed by atoms with van der Waals surface area (Å²) in [6.45, 7) is 3.88. The summed E-state index contributed by atoms with van der Waals surface area (Å²) < 4.78 is 0. The second-order valence-corrected chi connectivity index (χ2v) is 6.09. The number of hydrogen-bond donors (Lipinski definition) is 2. The second-order valence-electron chi connectivity index (χ2n) is 6.09. The SMILES string of the molecule is Cc1cccc(C)c1NC(=O)[C@@H]1[C@H](C(=O)O)[C@H]2C=C[C@H]1C2. The number of amides is 1. The van der Waals surface area contributed by atoms with E-state index in [9.17, 15) is 14.7 Å². The zero-order valence-corrected chi connectivity index (χ0v) is 12.2. The molecule has 0 saturated heterocycles. The van der Waals surface area contributed by atoms with Crippen molar-refractivity contribution >= 4 is 17.6 Å². The minimum Gasteiger partial charge on any atom is -0.481 e. The monoisotopic (exact) mass is 285 g/mol. The van der Waals surface area contributed by atoms with E-state index in [2.05, 4.69) is 5.32 Å². The highest BCUT2D eigenvalue weighted by Gasteiger charge is 2.51. The van der Waals surface area contributed by atoms with E-state index in [-0.39, 0.29) is 17.7 Å². The van der Waals surface area contributed by atoms with Crippen LogP contribution in [0.2, 0.25) is 0 Å². The average molecular weight is 285 g/mol. The fraction of sp³-hybridized carbons (Fsp3) is 0.412. The number of aliphatic carboxylic acids is 1. The topological polar surface area (TPSA) is 66.4 Å². The number of nitrogens with one attached hydrogen (secondary N) is 1.